The first kappa shape index (κ1) is 92.4. The summed E-state index contributed by atoms with van der Waals surface area (Å²) in [5, 5.41) is 0. The SMILES string of the molecule is CCCCCC.C[Si](C)(C)[C-]=Cc1ccc(C=[C-][Si](C)(C)C)cc1.C[Si](C)(C)[C-]=Cc1ccc(C=[C-][Si](C)(C)C)cc1.[Cl-].[Cl-].[Cl-].[Cl-].[Cl-].[Cl-].[Cl-].[Cl-].[Ga+3].[Ga+3].[Ga+3].[Ga+3]. The first-order chi connectivity index (χ1) is 19.2. The van der Waals surface area contributed by atoms with Gasteiger partial charge in [-0.05, 0) is 32.3 Å². The van der Waals surface area contributed by atoms with Gasteiger partial charge in [0.1, 0.15) is 0 Å². The molecule has 0 aromatic heterocycles. The third-order valence-electron chi connectivity index (χ3n) is 5.52. The first-order valence-corrected chi connectivity index (χ1v) is 29.9. The number of hydrogen-bond acceptors (Lipinski definition) is 0. The predicted molar refractivity (Wildman–Crippen MR) is 230 cm³/mol. The summed E-state index contributed by atoms with van der Waals surface area (Å²) < 4.78 is 0. The van der Waals surface area contributed by atoms with Crippen molar-refractivity contribution < 1.29 is 99.3 Å². The number of rotatable bonds is 11. The average molecular weight is 1190 g/mol. The summed E-state index contributed by atoms with van der Waals surface area (Å²) in [6.45, 7) is 32.0. The van der Waals surface area contributed by atoms with Crippen molar-refractivity contribution in [2.45, 2.75) is 118 Å². The molecule has 0 fully saturated rings. The predicted octanol–water partition coefficient (Wildman–Crippen LogP) is -12.8. The van der Waals surface area contributed by atoms with E-state index in [1.165, 1.54) is 47.9 Å². The molecule has 0 saturated carbocycles. The Labute approximate surface area is 441 Å². The minimum absolute atomic E-state index is 0. The zero-order chi connectivity index (χ0) is 32.5. The molecule has 2 rings (SSSR count). The molecule has 0 aliphatic heterocycles. The van der Waals surface area contributed by atoms with E-state index in [4.69, 9.17) is 0 Å². The molecule has 0 amide bonds. The molecule has 0 bridgehead atoms. The molecule has 16 heteroatoms. The number of halogens is 8. The summed E-state index contributed by atoms with van der Waals surface area (Å²) in [6, 6.07) is 17.3. The van der Waals surface area contributed by atoms with Crippen molar-refractivity contribution in [1.82, 2.24) is 0 Å². The summed E-state index contributed by atoms with van der Waals surface area (Å²) in [7, 11) is -4.86. The van der Waals surface area contributed by atoms with Gasteiger partial charge in [0.2, 0.25) is 0 Å². The van der Waals surface area contributed by atoms with Crippen LogP contribution < -0.4 is 99.3 Å². The van der Waals surface area contributed by atoms with Gasteiger partial charge in [0.05, 0.1) is 0 Å². The van der Waals surface area contributed by atoms with Crippen LogP contribution in [0.5, 0.6) is 0 Å². The Hall–Kier alpha value is 3.13. The molecule has 298 valence electrons. The fourth-order valence-electron chi connectivity index (χ4n) is 3.08. The number of unbranched alkanes of at least 4 members (excludes halogenated alkanes) is 3. The molecular weight excluding hydrogens is 1130 g/mol. The molecule has 0 atom stereocenters. The van der Waals surface area contributed by atoms with Gasteiger partial charge >= 0.3 is 79.2 Å². The topological polar surface area (TPSA) is 0 Å². The molecule has 0 radical (unpaired) electrons. The molecule has 0 aliphatic rings. The van der Waals surface area contributed by atoms with Crippen LogP contribution in [0.4, 0.5) is 0 Å². The van der Waals surface area contributed by atoms with Crippen LogP contribution in [0, 0.1) is 22.8 Å². The largest absolute Gasteiger partial charge is 3.00 e. The van der Waals surface area contributed by atoms with Crippen LogP contribution >= 0.6 is 0 Å². The number of benzene rings is 2. The molecule has 0 aliphatic carbocycles. The first-order valence-electron chi connectivity index (χ1n) is 15.9. The third-order valence-corrected chi connectivity index (χ3v) is 9.56. The molecule has 2 aromatic rings. The third kappa shape index (κ3) is 64.3. The van der Waals surface area contributed by atoms with Gasteiger partial charge in [-0.15, -0.1) is 0 Å². The quantitative estimate of drug-likeness (QED) is 0.120. The average Bonchev–Trinajstić information content (AvgIpc) is 2.87. The van der Waals surface area contributed by atoms with Crippen molar-refractivity contribution in [3.8, 4) is 0 Å². The summed E-state index contributed by atoms with van der Waals surface area (Å²) in [4.78, 5) is 0. The maximum atomic E-state index is 3.51. The van der Waals surface area contributed by atoms with Crippen LogP contribution in [0.2, 0.25) is 78.6 Å². The van der Waals surface area contributed by atoms with Crippen LogP contribution in [-0.2, 0) is 0 Å². The van der Waals surface area contributed by atoms with Gasteiger partial charge in [0.25, 0.3) is 0 Å². The second-order valence-electron chi connectivity index (χ2n) is 15.2. The van der Waals surface area contributed by atoms with Crippen LogP contribution in [0.1, 0.15) is 61.8 Å². The Morgan fingerprint density at radius 1 is 0.333 bits per heavy atom. The minimum atomic E-state index is -1.21. The number of hydrogen-bond donors (Lipinski definition) is 0. The Morgan fingerprint density at radius 2 is 0.463 bits per heavy atom. The van der Waals surface area contributed by atoms with Crippen LogP contribution in [0.25, 0.3) is 24.3 Å². The van der Waals surface area contributed by atoms with E-state index in [2.05, 4.69) is 188 Å². The van der Waals surface area contributed by atoms with E-state index >= 15 is 0 Å². The Balaban J connectivity index is -0.0000000412. The second-order valence-corrected chi connectivity index (χ2v) is 34.3. The molecule has 0 N–H and O–H groups in total. The van der Waals surface area contributed by atoms with Gasteiger partial charge in [0.15, 0.2) is 0 Å². The Bertz CT molecular complexity index is 965. The van der Waals surface area contributed by atoms with Crippen molar-refractivity contribution in [3.63, 3.8) is 0 Å². The molecule has 0 heterocycles. The van der Waals surface area contributed by atoms with Crippen molar-refractivity contribution in [2.75, 3.05) is 0 Å². The molecule has 0 spiro atoms. The van der Waals surface area contributed by atoms with E-state index in [1.807, 2.05) is 0 Å². The van der Waals surface area contributed by atoms with Gasteiger partial charge in [-0.2, -0.15) is 70.8 Å². The van der Waals surface area contributed by atoms with E-state index in [1.54, 1.807) is 0 Å². The van der Waals surface area contributed by atoms with Gasteiger partial charge < -0.3 is 99.3 Å². The molecule has 0 unspecified atom stereocenters. The molecule has 0 saturated heterocycles. The van der Waals surface area contributed by atoms with E-state index < -0.39 is 32.3 Å². The molecule has 0 nitrogen and oxygen atoms in total. The summed E-state index contributed by atoms with van der Waals surface area (Å²) in [6.07, 6.45) is 14.0. The molecular formula is C38H62Cl8Ga4Si4. The van der Waals surface area contributed by atoms with Gasteiger partial charge in [-0.3, -0.25) is 22.8 Å². The minimum Gasteiger partial charge on any atom is -1.00 e. The summed E-state index contributed by atoms with van der Waals surface area (Å²) in [5.74, 6) is 0. The smallest absolute Gasteiger partial charge is 1.00 e. The normalized spacial score (nSPS) is 10.1. The molecule has 2 aromatic carbocycles. The van der Waals surface area contributed by atoms with Gasteiger partial charge in [-0.25, -0.2) is 24.3 Å². The zero-order valence-electron chi connectivity index (χ0n) is 35.1. The van der Waals surface area contributed by atoms with E-state index in [-0.39, 0.29) is 178 Å². The van der Waals surface area contributed by atoms with Crippen molar-refractivity contribution >= 4 is 136 Å². The van der Waals surface area contributed by atoms with Crippen molar-refractivity contribution in [2.24, 2.45) is 0 Å². The van der Waals surface area contributed by atoms with Gasteiger partial charge in [-0.1, -0.05) is 118 Å². The maximum absolute atomic E-state index is 3.51. The van der Waals surface area contributed by atoms with Crippen molar-refractivity contribution in [3.05, 3.63) is 93.6 Å². The Kier molecular flexibility index (Phi) is 83.5. The standard InChI is InChI=1S/2C16H24Si2.C6H14.8ClH.4Ga/c2*1-17(2,3)13-11-15-7-9-16(10-8-15)12-14-18(4,5)6;1-3-5-6-4-2;;;;;;;;;;;;/h2*7-12H,1-6H3;3-6H2,1-2H3;8*1H;;;;/q2*-2;;;;;;;;;;4*+3/p-8. The van der Waals surface area contributed by atoms with Crippen LogP contribution in [0.15, 0.2) is 48.5 Å². The van der Waals surface area contributed by atoms with Crippen molar-refractivity contribution in [1.29, 1.82) is 0 Å². The fraction of sp³-hybridized carbons (Fsp3) is 0.474. The Morgan fingerprint density at radius 3 is 0.556 bits per heavy atom. The van der Waals surface area contributed by atoms with Gasteiger partial charge in [0, 0.05) is 0 Å². The van der Waals surface area contributed by atoms with Crippen LogP contribution in [-0.4, -0.2) is 111 Å². The zero-order valence-corrected chi connectivity index (χ0v) is 54.8. The fourth-order valence-corrected chi connectivity index (χ4v) is 5.47. The monoisotopic (exact) mass is 1190 g/mol. The maximum Gasteiger partial charge on any atom is 3.00 e. The summed E-state index contributed by atoms with van der Waals surface area (Å²) >= 11 is 0. The molecule has 54 heavy (non-hydrogen) atoms. The second kappa shape index (κ2) is 48.8. The van der Waals surface area contributed by atoms with E-state index in [0.29, 0.717) is 0 Å². The van der Waals surface area contributed by atoms with E-state index in [9.17, 15) is 0 Å². The van der Waals surface area contributed by atoms with Crippen LogP contribution in [0.3, 0.4) is 0 Å². The summed E-state index contributed by atoms with van der Waals surface area (Å²) in [5.41, 5.74) is 19.0. The van der Waals surface area contributed by atoms with E-state index in [0.717, 1.165) is 0 Å².